The van der Waals surface area contributed by atoms with Gasteiger partial charge in [0, 0.05) is 20.3 Å². The van der Waals surface area contributed by atoms with E-state index in [0.717, 1.165) is 0 Å². The van der Waals surface area contributed by atoms with E-state index < -0.39 is 0 Å². The van der Waals surface area contributed by atoms with Gasteiger partial charge in [-0.3, -0.25) is 0 Å². The Bertz CT molecular complexity index is 160. The first-order valence-corrected chi connectivity index (χ1v) is 6.97. The molecule has 0 amide bonds. The molecule has 0 bridgehead atoms. The van der Waals surface area contributed by atoms with Crippen molar-refractivity contribution < 1.29 is 9.47 Å². The molecule has 17 heavy (non-hydrogen) atoms. The van der Waals surface area contributed by atoms with Gasteiger partial charge in [0.1, 0.15) is 0 Å². The zero-order valence-corrected chi connectivity index (χ0v) is 12.3. The zero-order valence-electron chi connectivity index (χ0n) is 12.3. The van der Waals surface area contributed by atoms with Crippen molar-refractivity contribution in [2.24, 2.45) is 0 Å². The maximum atomic E-state index is 5.23. The Hall–Kier alpha value is -0.120. The van der Waals surface area contributed by atoms with Gasteiger partial charge in [-0.05, 0) is 20.3 Å². The van der Waals surface area contributed by atoms with Crippen molar-refractivity contribution in [1.29, 1.82) is 0 Å². The molecule has 0 aromatic rings. The zero-order chi connectivity index (χ0) is 13.1. The molecule has 0 aliphatic carbocycles. The van der Waals surface area contributed by atoms with Crippen molar-refractivity contribution in [2.45, 2.75) is 77.7 Å². The van der Waals surface area contributed by atoms with Gasteiger partial charge in [0.05, 0.1) is 6.04 Å². The largest absolute Gasteiger partial charge is 0.354 e. The molecule has 0 aliphatic heterocycles. The van der Waals surface area contributed by atoms with Crippen molar-refractivity contribution in [3.8, 4) is 0 Å². The molecular formula is C14H31NO2. The Kier molecular flexibility index (Phi) is 10.9. The predicted octanol–water partition coefficient (Wildman–Crippen LogP) is 3.33. The Morgan fingerprint density at radius 2 is 1.53 bits per heavy atom. The minimum Gasteiger partial charge on any atom is -0.354 e. The lowest BCUT2D eigenvalue weighted by Crippen LogP contribution is -2.44. The first-order chi connectivity index (χ1) is 8.15. The monoisotopic (exact) mass is 245 g/mol. The standard InChI is InChI=1S/C14H31NO2/c1-6-7-8-9-10-11-12(2)15-13(3)14(16-4)17-5/h12-15H,6-11H2,1-5H3. The normalized spacial score (nSPS) is 15.2. The van der Waals surface area contributed by atoms with Crippen LogP contribution in [0.3, 0.4) is 0 Å². The molecule has 1 N–H and O–H groups in total. The van der Waals surface area contributed by atoms with Crippen LogP contribution in [0.4, 0.5) is 0 Å². The molecule has 0 rings (SSSR count). The fourth-order valence-corrected chi connectivity index (χ4v) is 2.17. The third-order valence-corrected chi connectivity index (χ3v) is 3.16. The molecule has 2 atom stereocenters. The summed E-state index contributed by atoms with van der Waals surface area (Å²) in [6.07, 6.45) is 7.79. The molecule has 0 aromatic carbocycles. The van der Waals surface area contributed by atoms with Gasteiger partial charge >= 0.3 is 0 Å². The fraction of sp³-hybridized carbons (Fsp3) is 1.00. The van der Waals surface area contributed by atoms with Crippen molar-refractivity contribution in [3.63, 3.8) is 0 Å². The molecule has 0 aromatic heterocycles. The van der Waals surface area contributed by atoms with Crippen LogP contribution in [0.15, 0.2) is 0 Å². The van der Waals surface area contributed by atoms with Crippen LogP contribution in [0.1, 0.15) is 59.3 Å². The lowest BCUT2D eigenvalue weighted by molar-refractivity contribution is -0.120. The molecule has 0 heterocycles. The van der Waals surface area contributed by atoms with Crippen LogP contribution in [0.5, 0.6) is 0 Å². The van der Waals surface area contributed by atoms with E-state index in [1.807, 2.05) is 0 Å². The highest BCUT2D eigenvalue weighted by atomic mass is 16.7. The number of ether oxygens (including phenoxy) is 2. The van der Waals surface area contributed by atoms with Gasteiger partial charge in [-0.2, -0.15) is 0 Å². The Morgan fingerprint density at radius 1 is 0.941 bits per heavy atom. The summed E-state index contributed by atoms with van der Waals surface area (Å²) in [7, 11) is 3.36. The summed E-state index contributed by atoms with van der Waals surface area (Å²) in [5.41, 5.74) is 0. The second-order valence-corrected chi connectivity index (χ2v) is 4.90. The third kappa shape index (κ3) is 8.58. The Morgan fingerprint density at radius 3 is 2.06 bits per heavy atom. The second kappa shape index (κ2) is 11.0. The van der Waals surface area contributed by atoms with Crippen molar-refractivity contribution in [2.75, 3.05) is 14.2 Å². The number of rotatable bonds is 11. The average molecular weight is 245 g/mol. The van der Waals surface area contributed by atoms with Gasteiger partial charge in [0.2, 0.25) is 0 Å². The van der Waals surface area contributed by atoms with E-state index in [9.17, 15) is 0 Å². The van der Waals surface area contributed by atoms with Gasteiger partial charge in [-0.25, -0.2) is 0 Å². The van der Waals surface area contributed by atoms with Crippen LogP contribution in [0, 0.1) is 0 Å². The minimum absolute atomic E-state index is 0.155. The quantitative estimate of drug-likeness (QED) is 0.447. The summed E-state index contributed by atoms with van der Waals surface area (Å²) in [4.78, 5) is 0. The Labute approximate surface area is 107 Å². The summed E-state index contributed by atoms with van der Waals surface area (Å²) < 4.78 is 10.5. The summed E-state index contributed by atoms with van der Waals surface area (Å²) >= 11 is 0. The van der Waals surface area contributed by atoms with Crippen LogP contribution in [0.25, 0.3) is 0 Å². The third-order valence-electron chi connectivity index (χ3n) is 3.16. The molecule has 104 valence electrons. The predicted molar refractivity (Wildman–Crippen MR) is 73.2 cm³/mol. The molecule has 0 spiro atoms. The summed E-state index contributed by atoms with van der Waals surface area (Å²) in [5, 5.41) is 3.52. The second-order valence-electron chi connectivity index (χ2n) is 4.90. The van der Waals surface area contributed by atoms with Gasteiger partial charge in [0.15, 0.2) is 6.29 Å². The first kappa shape index (κ1) is 16.9. The average Bonchev–Trinajstić information content (AvgIpc) is 2.30. The highest BCUT2D eigenvalue weighted by molar-refractivity contribution is 4.70. The van der Waals surface area contributed by atoms with Crippen LogP contribution < -0.4 is 5.32 Å². The Balaban J connectivity index is 3.59. The van der Waals surface area contributed by atoms with Crippen LogP contribution >= 0.6 is 0 Å². The molecule has 0 fully saturated rings. The summed E-state index contributed by atoms with van der Waals surface area (Å²) in [6.45, 7) is 6.59. The lowest BCUT2D eigenvalue weighted by atomic mass is 10.1. The highest BCUT2D eigenvalue weighted by Gasteiger charge is 2.17. The molecule has 3 heteroatoms. The molecule has 0 radical (unpaired) electrons. The summed E-state index contributed by atoms with van der Waals surface area (Å²) in [5.74, 6) is 0. The van der Waals surface area contributed by atoms with Crippen molar-refractivity contribution >= 4 is 0 Å². The van der Waals surface area contributed by atoms with Crippen molar-refractivity contribution in [1.82, 2.24) is 5.32 Å². The molecule has 0 aliphatic rings. The topological polar surface area (TPSA) is 30.5 Å². The van der Waals surface area contributed by atoms with E-state index in [1.54, 1.807) is 14.2 Å². The van der Waals surface area contributed by atoms with E-state index in [-0.39, 0.29) is 12.3 Å². The SMILES string of the molecule is CCCCCCCC(C)NC(C)C(OC)OC. The van der Waals surface area contributed by atoms with E-state index in [1.165, 1.54) is 38.5 Å². The van der Waals surface area contributed by atoms with Gasteiger partial charge in [-0.15, -0.1) is 0 Å². The highest BCUT2D eigenvalue weighted by Crippen LogP contribution is 2.08. The summed E-state index contributed by atoms with van der Waals surface area (Å²) in [6, 6.07) is 0.759. The van der Waals surface area contributed by atoms with Gasteiger partial charge in [0.25, 0.3) is 0 Å². The van der Waals surface area contributed by atoms with E-state index >= 15 is 0 Å². The molecule has 0 saturated heterocycles. The molecule has 3 nitrogen and oxygen atoms in total. The number of nitrogens with one attached hydrogen (secondary N) is 1. The number of unbranched alkanes of at least 4 members (excludes halogenated alkanes) is 4. The van der Waals surface area contributed by atoms with Crippen LogP contribution in [0.2, 0.25) is 0 Å². The lowest BCUT2D eigenvalue weighted by Gasteiger charge is -2.25. The van der Waals surface area contributed by atoms with Gasteiger partial charge < -0.3 is 14.8 Å². The molecule has 0 saturated carbocycles. The fourth-order valence-electron chi connectivity index (χ4n) is 2.17. The maximum absolute atomic E-state index is 5.23. The smallest absolute Gasteiger partial charge is 0.171 e. The number of hydrogen-bond donors (Lipinski definition) is 1. The van der Waals surface area contributed by atoms with Crippen LogP contribution in [-0.2, 0) is 9.47 Å². The first-order valence-electron chi connectivity index (χ1n) is 6.97. The van der Waals surface area contributed by atoms with E-state index in [4.69, 9.17) is 9.47 Å². The molecular weight excluding hydrogens is 214 g/mol. The van der Waals surface area contributed by atoms with Crippen molar-refractivity contribution in [3.05, 3.63) is 0 Å². The maximum Gasteiger partial charge on any atom is 0.171 e. The number of hydrogen-bond acceptors (Lipinski definition) is 3. The van der Waals surface area contributed by atoms with Crippen LogP contribution in [-0.4, -0.2) is 32.6 Å². The number of methoxy groups -OCH3 is 2. The van der Waals surface area contributed by atoms with E-state index in [0.29, 0.717) is 6.04 Å². The van der Waals surface area contributed by atoms with E-state index in [2.05, 4.69) is 26.1 Å². The molecule has 2 unspecified atom stereocenters. The van der Waals surface area contributed by atoms with Gasteiger partial charge in [-0.1, -0.05) is 39.0 Å². The minimum atomic E-state index is -0.155.